The molecule has 0 saturated heterocycles. The molecule has 0 aliphatic carbocycles. The SMILES string of the molecule is Cn1cc(-c2cc[nH]c2)c(CCN)n1. The van der Waals surface area contributed by atoms with Crippen LogP contribution >= 0.6 is 0 Å². The first-order valence-electron chi connectivity index (χ1n) is 4.67. The van der Waals surface area contributed by atoms with Crippen molar-refractivity contribution in [1.82, 2.24) is 14.8 Å². The predicted molar refractivity (Wildman–Crippen MR) is 55.8 cm³/mol. The Balaban J connectivity index is 2.41. The van der Waals surface area contributed by atoms with Gasteiger partial charge in [0.25, 0.3) is 0 Å². The van der Waals surface area contributed by atoms with Gasteiger partial charge in [-0.25, -0.2) is 0 Å². The number of aryl methyl sites for hydroxylation is 1. The summed E-state index contributed by atoms with van der Waals surface area (Å²) in [5, 5.41) is 4.38. The van der Waals surface area contributed by atoms with Crippen molar-refractivity contribution in [2.45, 2.75) is 6.42 Å². The van der Waals surface area contributed by atoms with E-state index in [4.69, 9.17) is 5.73 Å². The van der Waals surface area contributed by atoms with E-state index >= 15 is 0 Å². The summed E-state index contributed by atoms with van der Waals surface area (Å²) < 4.78 is 1.83. The Morgan fingerprint density at radius 1 is 1.57 bits per heavy atom. The maximum atomic E-state index is 5.54. The lowest BCUT2D eigenvalue weighted by Gasteiger charge is -1.96. The molecule has 0 aliphatic heterocycles. The smallest absolute Gasteiger partial charge is 0.0715 e. The molecule has 0 unspecified atom stereocenters. The molecule has 14 heavy (non-hydrogen) atoms. The lowest BCUT2D eigenvalue weighted by molar-refractivity contribution is 0.739. The summed E-state index contributed by atoms with van der Waals surface area (Å²) in [4.78, 5) is 3.04. The van der Waals surface area contributed by atoms with Gasteiger partial charge >= 0.3 is 0 Å². The zero-order chi connectivity index (χ0) is 9.97. The average Bonchev–Trinajstić information content (AvgIpc) is 2.74. The molecule has 0 aliphatic rings. The van der Waals surface area contributed by atoms with Crippen molar-refractivity contribution < 1.29 is 0 Å². The normalized spacial score (nSPS) is 10.7. The monoisotopic (exact) mass is 190 g/mol. The van der Waals surface area contributed by atoms with Crippen LogP contribution in [0.3, 0.4) is 0 Å². The summed E-state index contributed by atoms with van der Waals surface area (Å²) in [7, 11) is 1.93. The number of hydrogen-bond acceptors (Lipinski definition) is 2. The van der Waals surface area contributed by atoms with Crippen LogP contribution in [0.15, 0.2) is 24.7 Å². The summed E-state index contributed by atoms with van der Waals surface area (Å²) in [6.07, 6.45) is 6.72. The molecule has 0 saturated carbocycles. The van der Waals surface area contributed by atoms with E-state index in [1.165, 1.54) is 11.1 Å². The van der Waals surface area contributed by atoms with Crippen molar-refractivity contribution in [2.24, 2.45) is 12.8 Å². The van der Waals surface area contributed by atoms with Gasteiger partial charge in [-0.1, -0.05) is 0 Å². The molecule has 0 aromatic carbocycles. The number of aromatic nitrogens is 3. The van der Waals surface area contributed by atoms with Crippen LogP contribution in [-0.2, 0) is 13.5 Å². The molecule has 0 fully saturated rings. The quantitative estimate of drug-likeness (QED) is 0.756. The highest BCUT2D eigenvalue weighted by Crippen LogP contribution is 2.22. The zero-order valence-electron chi connectivity index (χ0n) is 8.20. The topological polar surface area (TPSA) is 59.6 Å². The van der Waals surface area contributed by atoms with E-state index < -0.39 is 0 Å². The van der Waals surface area contributed by atoms with Gasteiger partial charge in [-0.2, -0.15) is 5.10 Å². The van der Waals surface area contributed by atoms with E-state index in [2.05, 4.69) is 10.1 Å². The van der Waals surface area contributed by atoms with Gasteiger partial charge in [0.2, 0.25) is 0 Å². The molecule has 4 heteroatoms. The van der Waals surface area contributed by atoms with E-state index in [1.54, 1.807) is 0 Å². The largest absolute Gasteiger partial charge is 0.367 e. The highest BCUT2D eigenvalue weighted by molar-refractivity contribution is 5.64. The van der Waals surface area contributed by atoms with Gasteiger partial charge in [-0.05, 0) is 12.6 Å². The first kappa shape index (κ1) is 9.02. The van der Waals surface area contributed by atoms with Crippen LogP contribution in [0, 0.1) is 0 Å². The minimum atomic E-state index is 0.633. The number of nitrogens with zero attached hydrogens (tertiary/aromatic N) is 2. The Morgan fingerprint density at radius 2 is 2.43 bits per heavy atom. The highest BCUT2D eigenvalue weighted by Gasteiger charge is 2.08. The number of nitrogens with two attached hydrogens (primary N) is 1. The molecule has 74 valence electrons. The molecule has 2 aromatic rings. The average molecular weight is 190 g/mol. The van der Waals surface area contributed by atoms with E-state index in [9.17, 15) is 0 Å². The third-order valence-electron chi connectivity index (χ3n) is 2.20. The summed E-state index contributed by atoms with van der Waals surface area (Å²) in [5.74, 6) is 0. The Morgan fingerprint density at radius 3 is 3.07 bits per heavy atom. The Labute approximate surface area is 82.7 Å². The molecule has 3 N–H and O–H groups in total. The second-order valence-electron chi connectivity index (χ2n) is 3.30. The van der Waals surface area contributed by atoms with E-state index in [1.807, 2.05) is 36.4 Å². The van der Waals surface area contributed by atoms with Crippen molar-refractivity contribution in [1.29, 1.82) is 0 Å². The molecule has 0 amide bonds. The van der Waals surface area contributed by atoms with Gasteiger partial charge < -0.3 is 10.7 Å². The third kappa shape index (κ3) is 1.56. The second-order valence-corrected chi connectivity index (χ2v) is 3.30. The number of hydrogen-bond donors (Lipinski definition) is 2. The molecule has 0 bridgehead atoms. The highest BCUT2D eigenvalue weighted by atomic mass is 15.2. The van der Waals surface area contributed by atoms with Crippen molar-refractivity contribution in [3.05, 3.63) is 30.4 Å². The minimum Gasteiger partial charge on any atom is -0.367 e. The number of H-pyrrole nitrogens is 1. The summed E-state index contributed by atoms with van der Waals surface area (Å²) in [6.45, 7) is 0.633. The maximum absolute atomic E-state index is 5.54. The van der Waals surface area contributed by atoms with Crippen molar-refractivity contribution in [2.75, 3.05) is 6.54 Å². The number of aromatic amines is 1. The van der Waals surface area contributed by atoms with Gasteiger partial charge in [0, 0.05) is 43.2 Å². The molecule has 0 spiro atoms. The fourth-order valence-corrected chi connectivity index (χ4v) is 1.59. The van der Waals surface area contributed by atoms with Crippen LogP contribution in [0.2, 0.25) is 0 Å². The molecule has 2 heterocycles. The first-order chi connectivity index (χ1) is 6.81. The number of nitrogens with one attached hydrogen (secondary N) is 1. The fourth-order valence-electron chi connectivity index (χ4n) is 1.59. The van der Waals surface area contributed by atoms with Crippen LogP contribution < -0.4 is 5.73 Å². The predicted octanol–water partition coefficient (Wildman–Crippen LogP) is 0.916. The van der Waals surface area contributed by atoms with Crippen LogP contribution in [0.25, 0.3) is 11.1 Å². The second kappa shape index (κ2) is 3.67. The molecular weight excluding hydrogens is 176 g/mol. The Kier molecular flexibility index (Phi) is 2.37. The van der Waals surface area contributed by atoms with Gasteiger partial charge in [-0.3, -0.25) is 4.68 Å². The fraction of sp³-hybridized carbons (Fsp3) is 0.300. The first-order valence-corrected chi connectivity index (χ1v) is 4.67. The Bertz CT molecular complexity index is 400. The van der Waals surface area contributed by atoms with Crippen molar-refractivity contribution in [3.8, 4) is 11.1 Å². The van der Waals surface area contributed by atoms with E-state index in [-0.39, 0.29) is 0 Å². The molecule has 2 aromatic heterocycles. The van der Waals surface area contributed by atoms with Crippen LogP contribution in [-0.4, -0.2) is 21.3 Å². The van der Waals surface area contributed by atoms with Gasteiger partial charge in [-0.15, -0.1) is 0 Å². The molecule has 0 radical (unpaired) electrons. The van der Waals surface area contributed by atoms with E-state index in [0.29, 0.717) is 6.54 Å². The van der Waals surface area contributed by atoms with Crippen LogP contribution in [0.5, 0.6) is 0 Å². The standard InChI is InChI=1S/C10H14N4/c1-14-7-9(8-3-5-12-6-8)10(13-14)2-4-11/h3,5-7,12H,2,4,11H2,1H3. The van der Waals surface area contributed by atoms with Gasteiger partial charge in [0.05, 0.1) is 5.69 Å². The number of rotatable bonds is 3. The lowest BCUT2D eigenvalue weighted by Crippen LogP contribution is -2.04. The third-order valence-corrected chi connectivity index (χ3v) is 2.20. The molecular formula is C10H14N4. The van der Waals surface area contributed by atoms with Gasteiger partial charge in [0.15, 0.2) is 0 Å². The van der Waals surface area contributed by atoms with Crippen molar-refractivity contribution in [3.63, 3.8) is 0 Å². The van der Waals surface area contributed by atoms with Crippen LogP contribution in [0.4, 0.5) is 0 Å². The van der Waals surface area contributed by atoms with Gasteiger partial charge in [0.1, 0.15) is 0 Å². The van der Waals surface area contributed by atoms with E-state index in [0.717, 1.165) is 12.1 Å². The summed E-state index contributed by atoms with van der Waals surface area (Å²) in [5.41, 5.74) is 8.93. The molecule has 4 nitrogen and oxygen atoms in total. The van der Waals surface area contributed by atoms with Crippen LogP contribution in [0.1, 0.15) is 5.69 Å². The lowest BCUT2D eigenvalue weighted by atomic mass is 10.1. The van der Waals surface area contributed by atoms with Crippen molar-refractivity contribution >= 4 is 0 Å². The Hall–Kier alpha value is -1.55. The molecule has 2 rings (SSSR count). The molecule has 0 atom stereocenters. The zero-order valence-corrected chi connectivity index (χ0v) is 8.20. The summed E-state index contributed by atoms with van der Waals surface area (Å²) in [6, 6.07) is 2.04. The minimum absolute atomic E-state index is 0.633. The summed E-state index contributed by atoms with van der Waals surface area (Å²) >= 11 is 0. The maximum Gasteiger partial charge on any atom is 0.0715 e.